The Hall–Kier alpha value is -3.21. The molecule has 0 bridgehead atoms. The fourth-order valence-corrected chi connectivity index (χ4v) is 2.52. The maximum Gasteiger partial charge on any atom is 0.200 e. The van der Waals surface area contributed by atoms with Gasteiger partial charge in [-0.3, -0.25) is 5.10 Å². The van der Waals surface area contributed by atoms with E-state index in [0.29, 0.717) is 5.65 Å². The molecule has 1 N–H and O–H groups in total. The largest absolute Gasteiger partial charge is 0.497 e. The van der Waals surface area contributed by atoms with Crippen molar-refractivity contribution in [1.29, 1.82) is 0 Å². The van der Waals surface area contributed by atoms with Gasteiger partial charge in [-0.1, -0.05) is 42.5 Å². The molecule has 0 amide bonds. The zero-order valence-electron chi connectivity index (χ0n) is 12.5. The van der Waals surface area contributed by atoms with Gasteiger partial charge in [0, 0.05) is 11.1 Å². The van der Waals surface area contributed by atoms with Gasteiger partial charge in [0.05, 0.1) is 24.7 Å². The molecule has 0 spiro atoms. The molecule has 5 heteroatoms. The lowest BCUT2D eigenvalue weighted by Crippen LogP contribution is -1.89. The minimum absolute atomic E-state index is 0.607. The van der Waals surface area contributed by atoms with Gasteiger partial charge in [0.1, 0.15) is 11.3 Å². The number of benzene rings is 2. The molecule has 0 saturated heterocycles. The molecule has 0 radical (unpaired) electrons. The second-order valence-electron chi connectivity index (χ2n) is 5.12. The van der Waals surface area contributed by atoms with Crippen molar-refractivity contribution in [2.24, 2.45) is 0 Å². The SMILES string of the molecule is COc1cccc(-c2cnc3n[nH]c(-c4ccccc4)c3n2)c1. The number of fused-ring (bicyclic) bond motifs is 1. The first-order chi connectivity index (χ1) is 11.3. The molecular formula is C18H14N4O. The zero-order valence-corrected chi connectivity index (χ0v) is 12.5. The molecule has 23 heavy (non-hydrogen) atoms. The van der Waals surface area contributed by atoms with Gasteiger partial charge in [0.25, 0.3) is 0 Å². The highest BCUT2D eigenvalue weighted by molar-refractivity contribution is 5.88. The average molecular weight is 302 g/mol. The van der Waals surface area contributed by atoms with Crippen LogP contribution < -0.4 is 4.74 Å². The van der Waals surface area contributed by atoms with Crippen LogP contribution in [0, 0.1) is 0 Å². The summed E-state index contributed by atoms with van der Waals surface area (Å²) in [6.07, 6.45) is 1.73. The maximum atomic E-state index is 5.28. The number of rotatable bonds is 3. The number of aromatic amines is 1. The minimum Gasteiger partial charge on any atom is -0.497 e. The van der Waals surface area contributed by atoms with Crippen molar-refractivity contribution >= 4 is 11.2 Å². The highest BCUT2D eigenvalue weighted by atomic mass is 16.5. The van der Waals surface area contributed by atoms with Crippen LogP contribution in [0.25, 0.3) is 33.7 Å². The van der Waals surface area contributed by atoms with Crippen LogP contribution >= 0.6 is 0 Å². The van der Waals surface area contributed by atoms with E-state index in [1.165, 1.54) is 0 Å². The third-order valence-corrected chi connectivity index (χ3v) is 3.69. The average Bonchev–Trinajstić information content (AvgIpc) is 3.05. The molecule has 4 rings (SSSR count). The molecule has 0 aliphatic rings. The van der Waals surface area contributed by atoms with Gasteiger partial charge in [-0.15, -0.1) is 0 Å². The standard InChI is InChI=1S/C18H14N4O/c1-23-14-9-5-8-13(10-14)15-11-19-18-17(20-15)16(21-22-18)12-6-3-2-4-7-12/h2-11H,1H3,(H,19,21,22). The van der Waals surface area contributed by atoms with Gasteiger partial charge in [-0.25, -0.2) is 9.97 Å². The van der Waals surface area contributed by atoms with Crippen LogP contribution in [0.1, 0.15) is 0 Å². The predicted molar refractivity (Wildman–Crippen MR) is 89.1 cm³/mol. The van der Waals surface area contributed by atoms with Gasteiger partial charge in [0.15, 0.2) is 5.65 Å². The summed E-state index contributed by atoms with van der Waals surface area (Å²) in [6.45, 7) is 0. The number of H-pyrrole nitrogens is 1. The Morgan fingerprint density at radius 1 is 0.957 bits per heavy atom. The summed E-state index contributed by atoms with van der Waals surface area (Å²) < 4.78 is 5.28. The van der Waals surface area contributed by atoms with Gasteiger partial charge in [-0.2, -0.15) is 5.10 Å². The van der Waals surface area contributed by atoms with E-state index in [2.05, 4.69) is 15.2 Å². The Labute approximate surface area is 133 Å². The molecule has 5 nitrogen and oxygen atoms in total. The number of nitrogens with one attached hydrogen (secondary N) is 1. The van der Waals surface area contributed by atoms with E-state index in [1.54, 1.807) is 13.3 Å². The number of ether oxygens (including phenoxy) is 1. The molecule has 4 aromatic rings. The van der Waals surface area contributed by atoms with E-state index in [4.69, 9.17) is 9.72 Å². The molecule has 0 aliphatic carbocycles. The topological polar surface area (TPSA) is 63.7 Å². The van der Waals surface area contributed by atoms with Gasteiger partial charge < -0.3 is 4.74 Å². The van der Waals surface area contributed by atoms with E-state index >= 15 is 0 Å². The maximum absolute atomic E-state index is 5.28. The number of nitrogens with zero attached hydrogens (tertiary/aromatic N) is 3. The van der Waals surface area contributed by atoms with Crippen molar-refractivity contribution in [2.45, 2.75) is 0 Å². The van der Waals surface area contributed by atoms with Crippen LogP contribution in [0.5, 0.6) is 5.75 Å². The lowest BCUT2D eigenvalue weighted by atomic mass is 10.1. The Bertz CT molecular complexity index is 963. The summed E-state index contributed by atoms with van der Waals surface area (Å²) in [4.78, 5) is 9.16. The van der Waals surface area contributed by atoms with Crippen LogP contribution in [0.4, 0.5) is 0 Å². The predicted octanol–water partition coefficient (Wildman–Crippen LogP) is 3.70. The lowest BCUT2D eigenvalue weighted by Gasteiger charge is -2.04. The Kier molecular flexibility index (Phi) is 3.24. The van der Waals surface area contributed by atoms with Gasteiger partial charge >= 0.3 is 0 Å². The smallest absolute Gasteiger partial charge is 0.200 e. The monoisotopic (exact) mass is 302 g/mol. The van der Waals surface area contributed by atoms with Crippen molar-refractivity contribution in [3.8, 4) is 28.3 Å². The number of aromatic nitrogens is 4. The molecule has 2 aromatic heterocycles. The van der Waals surface area contributed by atoms with Crippen molar-refractivity contribution in [2.75, 3.05) is 7.11 Å². The number of methoxy groups -OCH3 is 1. The number of hydrogen-bond donors (Lipinski definition) is 1. The van der Waals surface area contributed by atoms with E-state index in [-0.39, 0.29) is 0 Å². The first-order valence-electron chi connectivity index (χ1n) is 7.26. The van der Waals surface area contributed by atoms with Crippen LogP contribution in [-0.4, -0.2) is 27.3 Å². The fraction of sp³-hybridized carbons (Fsp3) is 0.0556. The highest BCUT2D eigenvalue weighted by Gasteiger charge is 2.12. The third-order valence-electron chi connectivity index (χ3n) is 3.69. The molecule has 112 valence electrons. The summed E-state index contributed by atoms with van der Waals surface area (Å²) in [5.74, 6) is 0.792. The molecule has 0 atom stereocenters. The Balaban J connectivity index is 1.87. The summed E-state index contributed by atoms with van der Waals surface area (Å²) in [6, 6.07) is 17.8. The lowest BCUT2D eigenvalue weighted by molar-refractivity contribution is 0.415. The molecule has 0 aliphatic heterocycles. The van der Waals surface area contributed by atoms with E-state index in [9.17, 15) is 0 Å². The normalized spacial score (nSPS) is 10.8. The summed E-state index contributed by atoms with van der Waals surface area (Å²) in [5, 5.41) is 7.27. The van der Waals surface area contributed by atoms with E-state index in [0.717, 1.165) is 33.8 Å². The third kappa shape index (κ3) is 2.42. The molecular weight excluding hydrogens is 288 g/mol. The van der Waals surface area contributed by atoms with Crippen molar-refractivity contribution in [3.05, 3.63) is 60.8 Å². The molecule has 0 unspecified atom stereocenters. The fourth-order valence-electron chi connectivity index (χ4n) is 2.52. The summed E-state index contributed by atoms with van der Waals surface area (Å²) >= 11 is 0. The van der Waals surface area contributed by atoms with Crippen molar-refractivity contribution in [1.82, 2.24) is 20.2 Å². The van der Waals surface area contributed by atoms with Crippen LogP contribution in [0.15, 0.2) is 60.8 Å². The molecule has 0 fully saturated rings. The summed E-state index contributed by atoms with van der Waals surface area (Å²) in [7, 11) is 1.65. The van der Waals surface area contributed by atoms with Gasteiger partial charge in [0.2, 0.25) is 0 Å². The molecule has 2 aromatic carbocycles. The highest BCUT2D eigenvalue weighted by Crippen LogP contribution is 2.27. The minimum atomic E-state index is 0.607. The van der Waals surface area contributed by atoms with E-state index < -0.39 is 0 Å². The second kappa shape index (κ2) is 5.53. The second-order valence-corrected chi connectivity index (χ2v) is 5.12. The first kappa shape index (κ1) is 13.5. The van der Waals surface area contributed by atoms with Crippen LogP contribution in [-0.2, 0) is 0 Å². The first-order valence-corrected chi connectivity index (χ1v) is 7.26. The molecule has 0 saturated carbocycles. The summed E-state index contributed by atoms with van der Waals surface area (Å²) in [5.41, 5.74) is 5.02. The van der Waals surface area contributed by atoms with Gasteiger partial charge in [-0.05, 0) is 12.1 Å². The molecule has 2 heterocycles. The van der Waals surface area contributed by atoms with Crippen molar-refractivity contribution < 1.29 is 4.74 Å². The quantitative estimate of drug-likeness (QED) is 0.627. The van der Waals surface area contributed by atoms with E-state index in [1.807, 2.05) is 54.6 Å². The van der Waals surface area contributed by atoms with Crippen molar-refractivity contribution in [3.63, 3.8) is 0 Å². The number of hydrogen-bond acceptors (Lipinski definition) is 4. The zero-order chi connectivity index (χ0) is 15.6. The Morgan fingerprint density at radius 3 is 2.61 bits per heavy atom. The van der Waals surface area contributed by atoms with Crippen LogP contribution in [0.3, 0.4) is 0 Å². The van der Waals surface area contributed by atoms with Crippen LogP contribution in [0.2, 0.25) is 0 Å². The Morgan fingerprint density at radius 2 is 1.78 bits per heavy atom.